The Kier molecular flexibility index (Phi) is 10.8. The SMILES string of the molecule is C[C@@H]1Cc2c([nH]c3ccccc23)[C@@H](c2c(F)cc(OCCCCCCc3c(Br)c(C4CCCNC4)nc4c(-c5cn[nH]c5)cnn34)cc2F)N1CC(C)(C)F. The van der Waals surface area contributed by atoms with Crippen LogP contribution in [0.3, 0.4) is 0 Å². The Bertz CT molecular complexity index is 2250. The summed E-state index contributed by atoms with van der Waals surface area (Å²) in [4.78, 5) is 10.5. The van der Waals surface area contributed by atoms with E-state index < -0.39 is 23.3 Å². The predicted molar refractivity (Wildman–Crippen MR) is 212 cm³/mol. The van der Waals surface area contributed by atoms with Crippen LogP contribution in [0.25, 0.3) is 27.7 Å². The van der Waals surface area contributed by atoms with Gasteiger partial charge in [0, 0.05) is 76.7 Å². The van der Waals surface area contributed by atoms with Gasteiger partial charge < -0.3 is 15.0 Å². The Morgan fingerprint density at radius 1 is 1.05 bits per heavy atom. The van der Waals surface area contributed by atoms with Gasteiger partial charge >= 0.3 is 0 Å². The highest BCUT2D eigenvalue weighted by Gasteiger charge is 2.41. The smallest absolute Gasteiger partial charge is 0.163 e. The summed E-state index contributed by atoms with van der Waals surface area (Å²) >= 11 is 3.92. The van der Waals surface area contributed by atoms with Crippen molar-refractivity contribution in [2.24, 2.45) is 0 Å². The summed E-state index contributed by atoms with van der Waals surface area (Å²) in [5.41, 5.74) is 5.87. The maximum atomic E-state index is 16.1. The van der Waals surface area contributed by atoms with Crippen molar-refractivity contribution < 1.29 is 17.9 Å². The number of para-hydroxylation sites is 1. The molecular formula is C42H48BrF3N8O. The van der Waals surface area contributed by atoms with Gasteiger partial charge in [-0.15, -0.1) is 0 Å². The maximum Gasteiger partial charge on any atom is 0.163 e. The molecular weight excluding hydrogens is 769 g/mol. The molecule has 1 unspecified atom stereocenters. The fraction of sp³-hybridized carbons (Fsp3) is 0.452. The summed E-state index contributed by atoms with van der Waals surface area (Å²) in [5, 5.41) is 16.3. The van der Waals surface area contributed by atoms with E-state index in [1.165, 1.54) is 26.0 Å². The van der Waals surface area contributed by atoms with Gasteiger partial charge in [-0.3, -0.25) is 10.00 Å². The molecule has 55 heavy (non-hydrogen) atoms. The quantitative estimate of drug-likeness (QED) is 0.101. The zero-order chi connectivity index (χ0) is 38.3. The molecule has 8 rings (SSSR count). The molecule has 2 aromatic carbocycles. The van der Waals surface area contributed by atoms with Crippen molar-refractivity contribution in [3.63, 3.8) is 0 Å². The molecule has 4 aromatic heterocycles. The van der Waals surface area contributed by atoms with Crippen molar-refractivity contribution in [1.29, 1.82) is 0 Å². The highest BCUT2D eigenvalue weighted by molar-refractivity contribution is 9.10. The van der Waals surface area contributed by atoms with Gasteiger partial charge in [0.05, 0.1) is 40.9 Å². The number of nitrogens with one attached hydrogen (secondary N) is 3. The molecule has 0 bridgehead atoms. The Hall–Kier alpha value is -4.20. The van der Waals surface area contributed by atoms with Gasteiger partial charge in [0.25, 0.3) is 0 Å². The monoisotopic (exact) mass is 816 g/mol. The lowest BCUT2D eigenvalue weighted by Gasteiger charge is -2.43. The Morgan fingerprint density at radius 2 is 1.85 bits per heavy atom. The largest absolute Gasteiger partial charge is 0.493 e. The first-order chi connectivity index (χ1) is 26.6. The highest BCUT2D eigenvalue weighted by atomic mass is 79.9. The molecule has 0 spiro atoms. The van der Waals surface area contributed by atoms with E-state index in [1.54, 1.807) is 6.20 Å². The number of rotatable bonds is 13. The fourth-order valence-corrected chi connectivity index (χ4v) is 9.35. The number of aromatic nitrogens is 6. The number of benzene rings is 2. The van der Waals surface area contributed by atoms with Gasteiger partial charge in [-0.1, -0.05) is 31.0 Å². The number of aryl methyl sites for hydroxylation is 1. The minimum atomic E-state index is -1.56. The van der Waals surface area contributed by atoms with Crippen LogP contribution in [0.15, 0.2) is 59.5 Å². The van der Waals surface area contributed by atoms with E-state index in [0.717, 1.165) is 107 Å². The number of halogens is 4. The lowest BCUT2D eigenvalue weighted by atomic mass is 9.87. The summed E-state index contributed by atoms with van der Waals surface area (Å²) in [6.07, 6.45) is 12.7. The van der Waals surface area contributed by atoms with Crippen LogP contribution in [0.4, 0.5) is 13.2 Å². The average molecular weight is 818 g/mol. The van der Waals surface area contributed by atoms with Crippen LogP contribution < -0.4 is 10.1 Å². The molecule has 1 saturated heterocycles. The van der Waals surface area contributed by atoms with Crippen LogP contribution >= 0.6 is 15.9 Å². The van der Waals surface area contributed by atoms with Gasteiger partial charge in [0.1, 0.15) is 23.1 Å². The standard InChI is InChI=1S/C42H48BrF3N8O/c1-25-17-30-29-12-7-8-13-34(29)51-39(30)40(53(25)24-42(2,3)46)36-32(44)18-28(19-33(36)45)55-16-9-5-4-6-14-35-37(43)38(26-11-10-15-47-20-26)52-41-31(23-50-54(35)41)27-21-48-49-22-27/h7-8,12-13,18-19,21-23,25-26,40,47,51H,4-6,9-11,14-17,20,24H2,1-3H3,(H,48,49)/t25-,26?,40-/m1/s1. The van der Waals surface area contributed by atoms with E-state index in [-0.39, 0.29) is 23.9 Å². The number of H-pyrrole nitrogens is 2. The molecule has 6 heterocycles. The number of piperidine rings is 1. The second kappa shape index (κ2) is 15.7. The van der Waals surface area contributed by atoms with Crippen LogP contribution in [-0.4, -0.2) is 72.6 Å². The van der Waals surface area contributed by atoms with E-state index in [1.807, 2.05) is 53.0 Å². The summed E-state index contributed by atoms with van der Waals surface area (Å²) in [5.74, 6) is -0.935. The Labute approximate surface area is 327 Å². The third-order valence-corrected chi connectivity index (χ3v) is 12.0. The third-order valence-electron chi connectivity index (χ3n) is 11.2. The number of hydrogen-bond acceptors (Lipinski definition) is 6. The van der Waals surface area contributed by atoms with Crippen molar-refractivity contribution in [3.05, 3.63) is 99.3 Å². The highest BCUT2D eigenvalue weighted by Crippen LogP contribution is 2.44. The first kappa shape index (κ1) is 37.7. The van der Waals surface area contributed by atoms with E-state index >= 15 is 13.2 Å². The number of unbranched alkanes of at least 4 members (excludes halogenated alkanes) is 3. The van der Waals surface area contributed by atoms with Gasteiger partial charge in [-0.25, -0.2) is 22.7 Å². The molecule has 1 fully saturated rings. The van der Waals surface area contributed by atoms with Crippen LogP contribution in [0.2, 0.25) is 0 Å². The van der Waals surface area contributed by atoms with E-state index in [0.29, 0.717) is 24.6 Å². The fourth-order valence-electron chi connectivity index (χ4n) is 8.57. The minimum Gasteiger partial charge on any atom is -0.493 e. The lowest BCUT2D eigenvalue weighted by Crippen LogP contribution is -2.48. The summed E-state index contributed by atoms with van der Waals surface area (Å²) in [7, 11) is 0. The van der Waals surface area contributed by atoms with Gasteiger partial charge in [-0.2, -0.15) is 10.2 Å². The predicted octanol–water partition coefficient (Wildman–Crippen LogP) is 9.37. The number of nitrogens with zero attached hydrogens (tertiary/aromatic N) is 5. The number of aromatic amines is 2. The molecule has 3 atom stereocenters. The minimum absolute atomic E-state index is 0.0290. The van der Waals surface area contributed by atoms with Crippen LogP contribution in [0, 0.1) is 11.6 Å². The van der Waals surface area contributed by atoms with Gasteiger partial charge in [0.2, 0.25) is 0 Å². The molecule has 2 aliphatic heterocycles. The normalized spacial score (nSPS) is 19.4. The van der Waals surface area contributed by atoms with Crippen molar-refractivity contribution in [3.8, 4) is 16.9 Å². The third kappa shape index (κ3) is 7.67. The molecule has 0 amide bonds. The molecule has 0 saturated carbocycles. The molecule has 9 nitrogen and oxygen atoms in total. The first-order valence-corrected chi connectivity index (χ1v) is 20.3. The topological polar surface area (TPSA) is 99.2 Å². The molecule has 3 N–H and O–H groups in total. The van der Waals surface area contributed by atoms with Crippen molar-refractivity contribution in [2.45, 2.75) is 95.8 Å². The Balaban J connectivity index is 0.931. The first-order valence-electron chi connectivity index (χ1n) is 19.5. The zero-order valence-corrected chi connectivity index (χ0v) is 33.2. The van der Waals surface area contributed by atoms with Crippen LogP contribution in [0.1, 0.15) is 99.5 Å². The molecule has 0 aliphatic carbocycles. The summed E-state index contributed by atoms with van der Waals surface area (Å²) in [6, 6.07) is 9.47. The Morgan fingerprint density at radius 3 is 2.60 bits per heavy atom. The van der Waals surface area contributed by atoms with Crippen molar-refractivity contribution in [1.82, 2.24) is 40.0 Å². The number of hydrogen-bond donors (Lipinski definition) is 3. The van der Waals surface area contributed by atoms with E-state index in [9.17, 15) is 0 Å². The maximum absolute atomic E-state index is 16.1. The second-order valence-electron chi connectivity index (χ2n) is 15.8. The molecule has 0 radical (unpaired) electrons. The number of fused-ring (bicyclic) bond motifs is 4. The van der Waals surface area contributed by atoms with E-state index in [2.05, 4.69) is 36.4 Å². The van der Waals surface area contributed by atoms with Crippen molar-refractivity contribution >= 4 is 32.5 Å². The number of ether oxygens (including phenoxy) is 1. The molecule has 13 heteroatoms. The molecule has 2 aliphatic rings. The lowest BCUT2D eigenvalue weighted by molar-refractivity contribution is 0.0642. The van der Waals surface area contributed by atoms with E-state index in [4.69, 9.17) is 14.8 Å². The summed E-state index contributed by atoms with van der Waals surface area (Å²) in [6.45, 7) is 7.29. The van der Waals surface area contributed by atoms with Gasteiger partial charge in [0.15, 0.2) is 5.65 Å². The van der Waals surface area contributed by atoms with Crippen molar-refractivity contribution in [2.75, 3.05) is 26.2 Å². The second-order valence-corrected chi connectivity index (χ2v) is 16.6. The van der Waals surface area contributed by atoms with Gasteiger partial charge in [-0.05, 0) is 93.4 Å². The number of alkyl halides is 1. The average Bonchev–Trinajstić information content (AvgIpc) is 3.92. The van der Waals surface area contributed by atoms with Crippen LogP contribution in [-0.2, 0) is 12.8 Å². The zero-order valence-electron chi connectivity index (χ0n) is 31.6. The molecule has 290 valence electrons. The summed E-state index contributed by atoms with van der Waals surface area (Å²) < 4.78 is 56.3. The van der Waals surface area contributed by atoms with Crippen LogP contribution in [0.5, 0.6) is 5.75 Å². The molecule has 6 aromatic rings.